The van der Waals surface area contributed by atoms with Crippen LogP contribution in [0.5, 0.6) is 0 Å². The molecule has 0 atom stereocenters. The van der Waals surface area contributed by atoms with Crippen LogP contribution < -0.4 is 5.73 Å². The average molecular weight is 247 g/mol. The molecule has 0 radical (unpaired) electrons. The van der Waals surface area contributed by atoms with Crippen molar-refractivity contribution in [2.75, 3.05) is 5.73 Å². The van der Waals surface area contributed by atoms with E-state index in [1.807, 2.05) is 12.2 Å². The predicted molar refractivity (Wildman–Crippen MR) is 70.5 cm³/mol. The van der Waals surface area contributed by atoms with Gasteiger partial charge in [0.05, 0.1) is 5.56 Å². The zero-order chi connectivity index (χ0) is 12.4. The van der Waals surface area contributed by atoms with Crippen LogP contribution in [0.25, 0.3) is 0 Å². The third-order valence-corrected chi connectivity index (χ3v) is 3.88. The normalized spacial score (nSPS) is 14.4. The van der Waals surface area contributed by atoms with Gasteiger partial charge in [0.2, 0.25) is 0 Å². The molecule has 1 aliphatic rings. The third-order valence-electron chi connectivity index (χ3n) is 2.68. The molecule has 4 heteroatoms. The smallest absolute Gasteiger partial charge is 0.336 e. The van der Waals surface area contributed by atoms with Crippen LogP contribution in [0.4, 0.5) is 5.69 Å². The van der Waals surface area contributed by atoms with Gasteiger partial charge in [-0.25, -0.2) is 4.79 Å². The summed E-state index contributed by atoms with van der Waals surface area (Å²) in [4.78, 5) is 11.9. The molecule has 1 aliphatic carbocycles. The minimum absolute atomic E-state index is 0.268. The zero-order valence-electron chi connectivity index (χ0n) is 9.38. The second-order valence-electron chi connectivity index (χ2n) is 3.81. The Labute approximate surface area is 104 Å². The van der Waals surface area contributed by atoms with Crippen molar-refractivity contribution in [1.82, 2.24) is 0 Å². The van der Waals surface area contributed by atoms with Gasteiger partial charge in [-0.15, -0.1) is 11.8 Å². The Kier molecular flexibility index (Phi) is 3.24. The van der Waals surface area contributed by atoms with E-state index in [0.29, 0.717) is 11.3 Å². The summed E-state index contributed by atoms with van der Waals surface area (Å²) in [5.74, 6) is -0.939. The number of allylic oxidation sites excluding steroid dienone is 2. The van der Waals surface area contributed by atoms with Crippen LogP contribution in [0.1, 0.15) is 15.9 Å². The molecule has 0 bridgehead atoms. The van der Waals surface area contributed by atoms with Gasteiger partial charge in [-0.2, -0.15) is 0 Å². The number of thioether (sulfide) groups is 1. The van der Waals surface area contributed by atoms with E-state index in [1.165, 1.54) is 0 Å². The van der Waals surface area contributed by atoms with Crippen LogP contribution in [-0.2, 0) is 0 Å². The number of hydrogen-bond donors (Lipinski definition) is 2. The molecule has 3 N–H and O–H groups in total. The molecule has 1 aromatic rings. The van der Waals surface area contributed by atoms with Crippen LogP contribution in [0, 0.1) is 6.92 Å². The number of carbonyl (C=O) groups is 1. The predicted octanol–water partition coefficient (Wildman–Crippen LogP) is 2.86. The molecule has 3 nitrogen and oxygen atoms in total. The number of carboxylic acids is 1. The molecular weight excluding hydrogens is 234 g/mol. The van der Waals surface area contributed by atoms with Gasteiger partial charge in [-0.05, 0) is 24.6 Å². The van der Waals surface area contributed by atoms with Gasteiger partial charge in [-0.3, -0.25) is 0 Å². The molecule has 0 saturated heterocycles. The van der Waals surface area contributed by atoms with E-state index in [2.05, 4.69) is 12.2 Å². The summed E-state index contributed by atoms with van der Waals surface area (Å²) in [7, 11) is 0. The zero-order valence-corrected chi connectivity index (χ0v) is 10.2. The molecule has 0 amide bonds. The monoisotopic (exact) mass is 247 g/mol. The third kappa shape index (κ3) is 2.36. The number of rotatable bonds is 3. The van der Waals surface area contributed by atoms with Gasteiger partial charge in [-0.1, -0.05) is 24.3 Å². The largest absolute Gasteiger partial charge is 0.478 e. The van der Waals surface area contributed by atoms with Crippen molar-refractivity contribution in [3.05, 3.63) is 47.6 Å². The highest BCUT2D eigenvalue weighted by Crippen LogP contribution is 2.34. The molecule has 0 saturated carbocycles. The second-order valence-corrected chi connectivity index (χ2v) is 5.03. The Bertz CT molecular complexity index is 508. The topological polar surface area (TPSA) is 63.3 Å². The Balaban J connectivity index is 2.30. The summed E-state index contributed by atoms with van der Waals surface area (Å²) < 4.78 is 0. The molecule has 0 aromatic heterocycles. The lowest BCUT2D eigenvalue weighted by molar-refractivity contribution is 0.0696. The summed E-state index contributed by atoms with van der Waals surface area (Å²) in [5, 5.41) is 9.27. The maximum absolute atomic E-state index is 10.9. The van der Waals surface area contributed by atoms with Crippen molar-refractivity contribution in [3.8, 4) is 0 Å². The van der Waals surface area contributed by atoms with E-state index in [9.17, 15) is 4.79 Å². The van der Waals surface area contributed by atoms with Crippen molar-refractivity contribution >= 4 is 23.4 Å². The fraction of sp³-hybridized carbons (Fsp3) is 0.154. The molecular formula is C13H13NO2S. The van der Waals surface area contributed by atoms with Crippen molar-refractivity contribution in [2.45, 2.75) is 17.1 Å². The first-order chi connectivity index (χ1) is 8.09. The second kappa shape index (κ2) is 4.67. The summed E-state index contributed by atoms with van der Waals surface area (Å²) in [6.07, 6.45) is 8.13. The summed E-state index contributed by atoms with van der Waals surface area (Å²) in [6, 6.07) is 3.38. The van der Waals surface area contributed by atoms with Crippen LogP contribution in [0.2, 0.25) is 0 Å². The number of benzene rings is 1. The Hall–Kier alpha value is -1.68. The maximum atomic E-state index is 10.9. The Morgan fingerprint density at radius 1 is 1.35 bits per heavy atom. The number of carboxylic acid groups (broad SMARTS) is 1. The molecule has 0 aliphatic heterocycles. The summed E-state index contributed by atoms with van der Waals surface area (Å²) >= 11 is 1.62. The van der Waals surface area contributed by atoms with Gasteiger partial charge in [0.15, 0.2) is 0 Å². The SMILES string of the molecule is Cc1c(C(=O)O)ccc(SC2C=CC=C2)c1N. The van der Waals surface area contributed by atoms with Crippen molar-refractivity contribution in [1.29, 1.82) is 0 Å². The quantitative estimate of drug-likeness (QED) is 0.806. The average Bonchev–Trinajstić information content (AvgIpc) is 2.77. The highest BCUT2D eigenvalue weighted by atomic mass is 32.2. The molecule has 0 unspecified atom stereocenters. The van der Waals surface area contributed by atoms with Gasteiger partial charge in [0.1, 0.15) is 0 Å². The van der Waals surface area contributed by atoms with Crippen LogP contribution in [0.3, 0.4) is 0 Å². The van der Waals surface area contributed by atoms with Gasteiger partial charge in [0, 0.05) is 15.8 Å². The number of nitrogens with two attached hydrogens (primary N) is 1. The lowest BCUT2D eigenvalue weighted by atomic mass is 10.1. The van der Waals surface area contributed by atoms with E-state index in [4.69, 9.17) is 10.8 Å². The van der Waals surface area contributed by atoms with Gasteiger partial charge >= 0.3 is 5.97 Å². The summed E-state index contributed by atoms with van der Waals surface area (Å²) in [5.41, 5.74) is 7.43. The van der Waals surface area contributed by atoms with Gasteiger partial charge in [0.25, 0.3) is 0 Å². The molecule has 0 fully saturated rings. The van der Waals surface area contributed by atoms with Crippen molar-refractivity contribution in [3.63, 3.8) is 0 Å². The lowest BCUT2D eigenvalue weighted by Crippen LogP contribution is -2.04. The molecule has 1 aromatic carbocycles. The molecule has 2 rings (SSSR count). The Morgan fingerprint density at radius 2 is 2.00 bits per heavy atom. The number of hydrogen-bond acceptors (Lipinski definition) is 3. The first-order valence-electron chi connectivity index (χ1n) is 5.23. The van der Waals surface area contributed by atoms with E-state index in [-0.39, 0.29) is 10.8 Å². The fourth-order valence-corrected chi connectivity index (χ4v) is 2.73. The minimum atomic E-state index is -0.939. The first-order valence-corrected chi connectivity index (χ1v) is 6.11. The highest BCUT2D eigenvalue weighted by molar-refractivity contribution is 8.00. The van der Waals surface area contributed by atoms with E-state index < -0.39 is 5.97 Å². The fourth-order valence-electron chi connectivity index (χ4n) is 1.67. The van der Waals surface area contributed by atoms with Crippen molar-refractivity contribution < 1.29 is 9.90 Å². The summed E-state index contributed by atoms with van der Waals surface area (Å²) in [6.45, 7) is 1.74. The van der Waals surface area contributed by atoms with Gasteiger partial charge < -0.3 is 10.8 Å². The standard InChI is InChI=1S/C13H13NO2S/c1-8-10(13(15)16)6-7-11(12(8)14)17-9-4-2-3-5-9/h2-7,9H,14H2,1H3,(H,15,16). The maximum Gasteiger partial charge on any atom is 0.336 e. The molecule has 88 valence electrons. The molecule has 0 heterocycles. The molecule has 17 heavy (non-hydrogen) atoms. The van der Waals surface area contributed by atoms with E-state index >= 15 is 0 Å². The molecule has 0 spiro atoms. The van der Waals surface area contributed by atoms with E-state index in [1.54, 1.807) is 30.8 Å². The Morgan fingerprint density at radius 3 is 2.59 bits per heavy atom. The minimum Gasteiger partial charge on any atom is -0.478 e. The van der Waals surface area contributed by atoms with Crippen LogP contribution in [0.15, 0.2) is 41.3 Å². The highest BCUT2D eigenvalue weighted by Gasteiger charge is 2.14. The number of anilines is 1. The van der Waals surface area contributed by atoms with E-state index in [0.717, 1.165) is 4.90 Å². The van der Waals surface area contributed by atoms with Crippen LogP contribution >= 0.6 is 11.8 Å². The van der Waals surface area contributed by atoms with Crippen molar-refractivity contribution in [2.24, 2.45) is 0 Å². The first kappa shape index (κ1) is 11.8. The lowest BCUT2D eigenvalue weighted by Gasteiger charge is -2.12. The number of aromatic carboxylic acids is 1. The van der Waals surface area contributed by atoms with Crippen LogP contribution in [-0.4, -0.2) is 16.3 Å². The number of nitrogen functional groups attached to an aromatic ring is 1.